The van der Waals surface area contributed by atoms with Crippen molar-refractivity contribution in [2.75, 3.05) is 9.80 Å². The fourth-order valence-electron chi connectivity index (χ4n) is 14.8. The SMILES string of the molecule is Cc1cc(N(c2ccc(-c3ccc(-c4ccccc4)cc3)cc2)c2ccc(-c3ccc(-c4ccccc4)cc3)cc2)ccc1-c1ccc(-c2ccc(N(c3ccc(-c4ccccc4)c(C4CCCC4)c3)c3ccc(-c4ccccc4)c(C4CCCC4)c3)cc2C)cc1. The summed E-state index contributed by atoms with van der Waals surface area (Å²) in [5.74, 6) is 1.09. The zero-order valence-corrected chi connectivity index (χ0v) is 52.7. The molecule has 2 nitrogen and oxygen atoms in total. The maximum atomic E-state index is 2.55. The molecular formula is C90H76N2. The monoisotopic (exact) mass is 1180 g/mol. The first kappa shape index (κ1) is 57.9. The van der Waals surface area contributed by atoms with Crippen LogP contribution in [0.5, 0.6) is 0 Å². The van der Waals surface area contributed by atoms with E-state index in [1.807, 2.05) is 0 Å². The van der Waals surface area contributed by atoms with Gasteiger partial charge in [0, 0.05) is 34.1 Å². The molecule has 13 aromatic carbocycles. The molecule has 92 heavy (non-hydrogen) atoms. The van der Waals surface area contributed by atoms with Crippen LogP contribution >= 0.6 is 0 Å². The van der Waals surface area contributed by atoms with Crippen molar-refractivity contribution in [3.05, 3.63) is 338 Å². The van der Waals surface area contributed by atoms with Gasteiger partial charge in [0.05, 0.1) is 0 Å². The smallest absolute Gasteiger partial charge is 0.0464 e. The molecule has 0 spiro atoms. The van der Waals surface area contributed by atoms with E-state index in [0.29, 0.717) is 11.8 Å². The third-order valence-corrected chi connectivity index (χ3v) is 19.7. The number of aryl methyl sites for hydroxylation is 2. The highest BCUT2D eigenvalue weighted by atomic mass is 15.1. The first-order chi connectivity index (χ1) is 45.4. The van der Waals surface area contributed by atoms with Crippen molar-refractivity contribution >= 4 is 34.1 Å². The van der Waals surface area contributed by atoms with E-state index >= 15 is 0 Å². The normalized spacial score (nSPS) is 13.3. The lowest BCUT2D eigenvalue weighted by Crippen LogP contribution is -2.12. The summed E-state index contributed by atoms with van der Waals surface area (Å²) in [5.41, 5.74) is 32.1. The summed E-state index contributed by atoms with van der Waals surface area (Å²) >= 11 is 0. The zero-order chi connectivity index (χ0) is 61.7. The molecule has 0 radical (unpaired) electrons. The molecule has 15 rings (SSSR count). The van der Waals surface area contributed by atoms with Gasteiger partial charge in [-0.15, -0.1) is 0 Å². The van der Waals surface area contributed by atoms with Gasteiger partial charge in [-0.05, 0) is 235 Å². The Morgan fingerprint density at radius 2 is 0.424 bits per heavy atom. The summed E-state index contributed by atoms with van der Waals surface area (Å²) in [6.45, 7) is 4.54. The van der Waals surface area contributed by atoms with E-state index in [1.54, 1.807) is 0 Å². The Hall–Kier alpha value is -10.5. The number of hydrogen-bond donors (Lipinski definition) is 0. The molecule has 0 saturated heterocycles. The predicted octanol–water partition coefficient (Wildman–Crippen LogP) is 25.9. The van der Waals surface area contributed by atoms with Crippen molar-refractivity contribution in [1.29, 1.82) is 0 Å². The fourth-order valence-corrected chi connectivity index (χ4v) is 14.8. The van der Waals surface area contributed by atoms with Gasteiger partial charge in [-0.3, -0.25) is 0 Å². The van der Waals surface area contributed by atoms with Gasteiger partial charge in [-0.25, -0.2) is 0 Å². The van der Waals surface area contributed by atoms with E-state index in [1.165, 1.54) is 180 Å². The molecule has 0 aliphatic heterocycles. The van der Waals surface area contributed by atoms with Crippen LogP contribution in [0, 0.1) is 13.8 Å². The minimum atomic E-state index is 0.545. The highest BCUT2D eigenvalue weighted by Gasteiger charge is 2.27. The van der Waals surface area contributed by atoms with Crippen LogP contribution in [0.1, 0.15) is 85.5 Å². The van der Waals surface area contributed by atoms with Crippen LogP contribution in [0.15, 0.2) is 315 Å². The summed E-state index contributed by atoms with van der Waals surface area (Å²) < 4.78 is 0. The summed E-state index contributed by atoms with van der Waals surface area (Å²) in [6, 6.07) is 117. The molecule has 0 aromatic heterocycles. The lowest BCUT2D eigenvalue weighted by molar-refractivity contribution is 0.724. The number of rotatable bonds is 16. The van der Waals surface area contributed by atoms with Crippen LogP contribution in [0.4, 0.5) is 34.1 Å². The van der Waals surface area contributed by atoms with Crippen molar-refractivity contribution in [2.45, 2.75) is 77.0 Å². The highest BCUT2D eigenvalue weighted by Crippen LogP contribution is 2.48. The fraction of sp³-hybridized carbons (Fsp3) is 0.133. The quantitative estimate of drug-likeness (QED) is 0.0951. The summed E-state index contributed by atoms with van der Waals surface area (Å²) in [6.07, 6.45) is 10.1. The third kappa shape index (κ3) is 12.1. The van der Waals surface area contributed by atoms with E-state index in [-0.39, 0.29) is 0 Å². The second-order valence-corrected chi connectivity index (χ2v) is 25.5. The van der Waals surface area contributed by atoms with Gasteiger partial charge in [-0.1, -0.05) is 268 Å². The molecule has 2 fully saturated rings. The number of nitrogens with zero attached hydrogens (tertiary/aromatic N) is 2. The van der Waals surface area contributed by atoms with Gasteiger partial charge in [0.2, 0.25) is 0 Å². The first-order valence-electron chi connectivity index (χ1n) is 33.3. The lowest BCUT2D eigenvalue weighted by atomic mass is 9.88. The topological polar surface area (TPSA) is 6.48 Å². The van der Waals surface area contributed by atoms with Crippen molar-refractivity contribution < 1.29 is 0 Å². The maximum absolute atomic E-state index is 2.55. The number of benzene rings is 13. The van der Waals surface area contributed by atoms with Crippen LogP contribution in [-0.2, 0) is 0 Å². The lowest BCUT2D eigenvalue weighted by Gasteiger charge is -2.30. The van der Waals surface area contributed by atoms with Gasteiger partial charge in [-0.2, -0.15) is 0 Å². The molecule has 2 aliphatic rings. The zero-order valence-electron chi connectivity index (χ0n) is 52.7. The molecule has 2 aliphatic carbocycles. The van der Waals surface area contributed by atoms with Crippen LogP contribution in [0.25, 0.3) is 89.0 Å². The Balaban J connectivity index is 0.742. The van der Waals surface area contributed by atoms with E-state index in [0.717, 1.165) is 17.1 Å². The Bertz CT molecular complexity index is 4410. The molecule has 0 atom stereocenters. The molecule has 2 saturated carbocycles. The van der Waals surface area contributed by atoms with Gasteiger partial charge in [0.1, 0.15) is 0 Å². The molecule has 2 heteroatoms. The van der Waals surface area contributed by atoms with E-state index in [9.17, 15) is 0 Å². The van der Waals surface area contributed by atoms with E-state index in [4.69, 9.17) is 0 Å². The Labute approximate surface area is 544 Å². The average molecular weight is 1190 g/mol. The Morgan fingerprint density at radius 3 is 0.728 bits per heavy atom. The second kappa shape index (κ2) is 26.1. The van der Waals surface area contributed by atoms with Crippen molar-refractivity contribution in [2.24, 2.45) is 0 Å². The van der Waals surface area contributed by atoms with E-state index < -0.39 is 0 Å². The second-order valence-electron chi connectivity index (χ2n) is 25.5. The molecule has 0 unspecified atom stereocenters. The van der Waals surface area contributed by atoms with E-state index in [2.05, 4.69) is 339 Å². The molecular weight excluding hydrogens is 1110 g/mol. The molecule has 0 heterocycles. The van der Waals surface area contributed by atoms with Crippen LogP contribution in [-0.4, -0.2) is 0 Å². The molecule has 0 bridgehead atoms. The molecule has 13 aromatic rings. The molecule has 446 valence electrons. The average Bonchev–Trinajstić information content (AvgIpc) is 1.38. The summed E-state index contributed by atoms with van der Waals surface area (Å²) in [7, 11) is 0. The Morgan fingerprint density at radius 1 is 0.207 bits per heavy atom. The summed E-state index contributed by atoms with van der Waals surface area (Å²) in [4.78, 5) is 4.94. The number of hydrogen-bond acceptors (Lipinski definition) is 2. The van der Waals surface area contributed by atoms with Gasteiger partial charge in [0.15, 0.2) is 0 Å². The standard InChI is InChI=1S/C90H76N2/c1-63-59-81(91(79-47-43-71(44-48-79)69-35-31-67(32-36-69)65-19-7-3-8-20-65)80-49-45-72(46-50-80)70-37-33-68(34-38-70)66-21-9-4-10-22-66)51-55-85(63)77-39-41-78(42-40-77)86-56-52-82(60-64(86)2)92(83-53-57-87(73-23-11-5-12-24-73)89(61-83)75-27-15-16-28-75)84-54-58-88(74-25-13-6-14-26-74)90(62-84)76-29-17-18-30-76/h3-14,19-26,31-62,75-76H,15-18,27-30H2,1-2H3. The molecule has 0 N–H and O–H groups in total. The summed E-state index contributed by atoms with van der Waals surface area (Å²) in [5, 5.41) is 0. The van der Waals surface area contributed by atoms with Gasteiger partial charge >= 0.3 is 0 Å². The minimum Gasteiger partial charge on any atom is -0.310 e. The third-order valence-electron chi connectivity index (χ3n) is 19.7. The van der Waals surface area contributed by atoms with Crippen LogP contribution in [0.3, 0.4) is 0 Å². The van der Waals surface area contributed by atoms with Crippen molar-refractivity contribution in [3.8, 4) is 89.0 Å². The van der Waals surface area contributed by atoms with Crippen molar-refractivity contribution in [3.63, 3.8) is 0 Å². The maximum Gasteiger partial charge on any atom is 0.0464 e. The largest absolute Gasteiger partial charge is 0.310 e. The minimum absolute atomic E-state index is 0.545. The highest BCUT2D eigenvalue weighted by molar-refractivity contribution is 5.87. The molecule has 0 amide bonds. The van der Waals surface area contributed by atoms with Gasteiger partial charge in [0.25, 0.3) is 0 Å². The van der Waals surface area contributed by atoms with Crippen LogP contribution < -0.4 is 9.80 Å². The first-order valence-corrected chi connectivity index (χ1v) is 33.3. The number of anilines is 6. The Kier molecular flexibility index (Phi) is 16.4. The predicted molar refractivity (Wildman–Crippen MR) is 391 cm³/mol. The van der Waals surface area contributed by atoms with Crippen molar-refractivity contribution in [1.82, 2.24) is 0 Å². The van der Waals surface area contributed by atoms with Crippen LogP contribution in [0.2, 0.25) is 0 Å². The van der Waals surface area contributed by atoms with Gasteiger partial charge < -0.3 is 9.80 Å².